The summed E-state index contributed by atoms with van der Waals surface area (Å²) in [6.45, 7) is 3.92. The van der Waals surface area contributed by atoms with Crippen LogP contribution in [0.15, 0.2) is 27.4 Å². The number of nitrogen functional groups attached to an aromatic ring is 1. The highest BCUT2D eigenvalue weighted by atomic mass is 32.1. The van der Waals surface area contributed by atoms with Crippen LogP contribution in [0.3, 0.4) is 0 Å². The number of H-pyrrole nitrogens is 1. The van der Waals surface area contributed by atoms with Crippen LogP contribution >= 0.6 is 11.3 Å². The molecule has 0 saturated heterocycles. The van der Waals surface area contributed by atoms with Crippen molar-refractivity contribution >= 4 is 33.2 Å². The number of nitrogens with zero attached hydrogens (tertiary/aromatic N) is 2. The molecule has 3 heterocycles. The first-order chi connectivity index (χ1) is 10.0. The Labute approximate surface area is 122 Å². The minimum atomic E-state index is -0.452. The Morgan fingerprint density at radius 1 is 1.38 bits per heavy atom. The van der Waals surface area contributed by atoms with Gasteiger partial charge in [0.25, 0.3) is 0 Å². The number of hydrogen-bond donors (Lipinski definition) is 2. The van der Waals surface area contributed by atoms with Crippen molar-refractivity contribution < 1.29 is 4.42 Å². The number of aromatic nitrogens is 3. The number of fused-ring (bicyclic) bond motifs is 2. The molecule has 0 aliphatic carbocycles. The van der Waals surface area contributed by atoms with Gasteiger partial charge in [-0.3, -0.25) is 9.38 Å². The molecule has 0 unspecified atom stereocenters. The Kier molecular flexibility index (Phi) is 2.32. The van der Waals surface area contributed by atoms with Crippen molar-refractivity contribution in [1.29, 1.82) is 0 Å². The molecule has 3 aromatic heterocycles. The van der Waals surface area contributed by atoms with Gasteiger partial charge in [-0.15, -0.1) is 11.3 Å². The van der Waals surface area contributed by atoms with Crippen LogP contribution < -0.4 is 11.5 Å². The summed E-state index contributed by atoms with van der Waals surface area (Å²) < 4.78 is 7.08. The number of hydrogen-bond acceptors (Lipinski definition) is 5. The van der Waals surface area contributed by atoms with E-state index in [2.05, 4.69) is 9.97 Å². The van der Waals surface area contributed by atoms with Crippen LogP contribution in [0.2, 0.25) is 0 Å². The van der Waals surface area contributed by atoms with E-state index in [0.29, 0.717) is 16.9 Å². The van der Waals surface area contributed by atoms with E-state index in [9.17, 15) is 4.79 Å². The largest absolute Gasteiger partial charge is 0.417 e. The predicted molar refractivity (Wildman–Crippen MR) is 82.8 cm³/mol. The third-order valence-electron chi connectivity index (χ3n) is 3.56. The number of rotatable bonds is 1. The molecule has 0 saturated carbocycles. The van der Waals surface area contributed by atoms with Gasteiger partial charge in [0, 0.05) is 10.4 Å². The summed E-state index contributed by atoms with van der Waals surface area (Å²) in [6, 6.07) is 5.62. The molecule has 6 nitrogen and oxygen atoms in total. The Morgan fingerprint density at radius 3 is 3.00 bits per heavy atom. The second-order valence-corrected chi connectivity index (χ2v) is 6.11. The predicted octanol–water partition coefficient (Wildman–Crippen LogP) is 2.70. The monoisotopic (exact) mass is 300 g/mol. The van der Waals surface area contributed by atoms with E-state index in [0.717, 1.165) is 26.8 Å². The SMILES string of the molecule is Cc1nc2sc(C)c(-c3ccc4[nH]c(=O)oc4c3)n2c1N. The molecule has 0 aliphatic heterocycles. The molecular weight excluding hydrogens is 288 g/mol. The molecule has 3 N–H and O–H groups in total. The fourth-order valence-corrected chi connectivity index (χ4v) is 3.61. The van der Waals surface area contributed by atoms with Gasteiger partial charge in [-0.1, -0.05) is 6.07 Å². The minimum absolute atomic E-state index is 0.452. The first-order valence-electron chi connectivity index (χ1n) is 6.42. The van der Waals surface area contributed by atoms with E-state index in [4.69, 9.17) is 10.2 Å². The third kappa shape index (κ3) is 1.64. The number of benzene rings is 1. The topological polar surface area (TPSA) is 89.3 Å². The van der Waals surface area contributed by atoms with Gasteiger partial charge in [0.05, 0.1) is 16.9 Å². The molecule has 1 aromatic carbocycles. The highest BCUT2D eigenvalue weighted by Crippen LogP contribution is 2.35. The zero-order chi connectivity index (χ0) is 14.7. The van der Waals surface area contributed by atoms with Crippen molar-refractivity contribution in [3.63, 3.8) is 0 Å². The van der Waals surface area contributed by atoms with Gasteiger partial charge < -0.3 is 10.2 Å². The molecule has 0 atom stereocenters. The average Bonchev–Trinajstić information content (AvgIpc) is 3.03. The van der Waals surface area contributed by atoms with Gasteiger partial charge in [-0.2, -0.15) is 0 Å². The number of nitrogens with two attached hydrogens (primary N) is 1. The van der Waals surface area contributed by atoms with E-state index < -0.39 is 5.76 Å². The molecule has 0 radical (unpaired) electrons. The summed E-state index contributed by atoms with van der Waals surface area (Å²) in [5.41, 5.74) is 10.1. The van der Waals surface area contributed by atoms with Crippen LogP contribution in [0.1, 0.15) is 10.6 Å². The number of aromatic amines is 1. The van der Waals surface area contributed by atoms with E-state index in [1.165, 1.54) is 0 Å². The molecule has 7 heteroatoms. The molecule has 0 spiro atoms. The molecule has 106 valence electrons. The summed E-state index contributed by atoms with van der Waals surface area (Å²) in [6.07, 6.45) is 0. The lowest BCUT2D eigenvalue weighted by Crippen LogP contribution is -1.96. The maximum absolute atomic E-state index is 11.3. The van der Waals surface area contributed by atoms with Crippen molar-refractivity contribution in [2.24, 2.45) is 0 Å². The van der Waals surface area contributed by atoms with Crippen LogP contribution in [0.5, 0.6) is 0 Å². The number of oxazole rings is 1. The Bertz CT molecular complexity index is 1050. The second kappa shape index (κ2) is 3.98. The van der Waals surface area contributed by atoms with Gasteiger partial charge in [0.2, 0.25) is 0 Å². The highest BCUT2D eigenvalue weighted by Gasteiger charge is 2.17. The molecule has 0 bridgehead atoms. The summed E-state index contributed by atoms with van der Waals surface area (Å²) in [4.78, 5) is 20.3. The van der Waals surface area contributed by atoms with Gasteiger partial charge in [0.15, 0.2) is 10.5 Å². The van der Waals surface area contributed by atoms with E-state index >= 15 is 0 Å². The Balaban J connectivity index is 2.07. The van der Waals surface area contributed by atoms with Crippen molar-refractivity contribution in [2.45, 2.75) is 13.8 Å². The molecule has 4 aromatic rings. The van der Waals surface area contributed by atoms with Crippen LogP contribution in [0, 0.1) is 13.8 Å². The van der Waals surface area contributed by atoms with Crippen molar-refractivity contribution in [3.05, 3.63) is 39.3 Å². The van der Waals surface area contributed by atoms with Crippen LogP contribution in [0.25, 0.3) is 27.3 Å². The fourth-order valence-electron chi connectivity index (χ4n) is 2.57. The van der Waals surface area contributed by atoms with E-state index in [1.807, 2.05) is 36.4 Å². The van der Waals surface area contributed by atoms with Crippen LogP contribution in [0.4, 0.5) is 5.82 Å². The quantitative estimate of drug-likeness (QED) is 0.565. The molecule has 21 heavy (non-hydrogen) atoms. The van der Waals surface area contributed by atoms with E-state index in [1.54, 1.807) is 11.3 Å². The van der Waals surface area contributed by atoms with Gasteiger partial charge in [-0.25, -0.2) is 9.78 Å². The standard InChI is InChI=1S/C14H12N4O2S/c1-6-12(15)18-11(7(2)21-13(18)16-6)8-3-4-9-10(5-8)20-14(19)17-9/h3-5H,15H2,1-2H3,(H,17,19). The number of aryl methyl sites for hydroxylation is 2. The normalized spacial score (nSPS) is 11.7. The van der Waals surface area contributed by atoms with Crippen molar-refractivity contribution in [3.8, 4) is 11.3 Å². The summed E-state index contributed by atoms with van der Waals surface area (Å²) >= 11 is 1.59. The lowest BCUT2D eigenvalue weighted by Gasteiger charge is -2.04. The molecule has 0 amide bonds. The first kappa shape index (κ1) is 12.2. The highest BCUT2D eigenvalue weighted by molar-refractivity contribution is 7.17. The second-order valence-electron chi connectivity index (χ2n) is 4.93. The van der Waals surface area contributed by atoms with Gasteiger partial charge >= 0.3 is 5.76 Å². The van der Waals surface area contributed by atoms with E-state index in [-0.39, 0.29) is 0 Å². The summed E-state index contributed by atoms with van der Waals surface area (Å²) in [5, 5.41) is 0. The molecule has 4 rings (SSSR count). The number of nitrogens with one attached hydrogen (secondary N) is 1. The summed E-state index contributed by atoms with van der Waals surface area (Å²) in [5.74, 6) is 0.187. The third-order valence-corrected chi connectivity index (χ3v) is 4.52. The fraction of sp³-hybridized carbons (Fsp3) is 0.143. The van der Waals surface area contributed by atoms with Crippen molar-refractivity contribution in [1.82, 2.24) is 14.4 Å². The van der Waals surface area contributed by atoms with Crippen LogP contribution in [-0.2, 0) is 0 Å². The summed E-state index contributed by atoms with van der Waals surface area (Å²) in [7, 11) is 0. The first-order valence-corrected chi connectivity index (χ1v) is 7.23. The average molecular weight is 300 g/mol. The lowest BCUT2D eigenvalue weighted by molar-refractivity contribution is 0.555. The Hall–Kier alpha value is -2.54. The zero-order valence-corrected chi connectivity index (χ0v) is 12.2. The van der Waals surface area contributed by atoms with Gasteiger partial charge in [0.1, 0.15) is 5.82 Å². The number of thiazole rings is 1. The number of imidazole rings is 1. The maximum Gasteiger partial charge on any atom is 0.417 e. The van der Waals surface area contributed by atoms with Crippen molar-refractivity contribution in [2.75, 3.05) is 5.73 Å². The maximum atomic E-state index is 11.3. The lowest BCUT2D eigenvalue weighted by atomic mass is 10.1. The minimum Gasteiger partial charge on any atom is -0.408 e. The van der Waals surface area contributed by atoms with Crippen LogP contribution in [-0.4, -0.2) is 14.4 Å². The smallest absolute Gasteiger partial charge is 0.408 e. The zero-order valence-electron chi connectivity index (χ0n) is 11.4. The van der Waals surface area contributed by atoms with Gasteiger partial charge in [-0.05, 0) is 26.0 Å². The molecule has 0 fully saturated rings. The molecular formula is C14H12N4O2S. The Morgan fingerprint density at radius 2 is 2.19 bits per heavy atom. The number of anilines is 1. The molecule has 0 aliphatic rings.